The van der Waals surface area contributed by atoms with Crippen molar-refractivity contribution in [1.82, 2.24) is 10.6 Å². The van der Waals surface area contributed by atoms with E-state index >= 15 is 0 Å². The summed E-state index contributed by atoms with van der Waals surface area (Å²) < 4.78 is 5.60. The van der Waals surface area contributed by atoms with E-state index in [4.69, 9.17) is 9.84 Å². The van der Waals surface area contributed by atoms with E-state index < -0.39 is 12.1 Å². The molecule has 0 spiro atoms. The first-order chi connectivity index (χ1) is 15.9. The maximum atomic E-state index is 12.5. The van der Waals surface area contributed by atoms with E-state index in [1.54, 1.807) is 0 Å². The van der Waals surface area contributed by atoms with Crippen molar-refractivity contribution in [2.75, 3.05) is 13.2 Å². The molecule has 0 bridgehead atoms. The Kier molecular flexibility index (Phi) is 6.77. The predicted molar refractivity (Wildman–Crippen MR) is 124 cm³/mol. The molecule has 0 radical (unpaired) electrons. The molecule has 3 N–H and O–H groups in total. The molecule has 172 valence electrons. The first-order valence-electron chi connectivity index (χ1n) is 11.2. The van der Waals surface area contributed by atoms with Gasteiger partial charge in [0.1, 0.15) is 6.61 Å². The highest BCUT2D eigenvalue weighted by Gasteiger charge is 2.32. The fourth-order valence-electron chi connectivity index (χ4n) is 4.69. The van der Waals surface area contributed by atoms with Crippen LogP contribution in [-0.4, -0.2) is 42.3 Å². The minimum Gasteiger partial charge on any atom is -0.478 e. The monoisotopic (exact) mass is 448 g/mol. The van der Waals surface area contributed by atoms with E-state index in [1.807, 2.05) is 24.3 Å². The Hall–Kier alpha value is -3.61. The summed E-state index contributed by atoms with van der Waals surface area (Å²) in [4.78, 5) is 35.6. The molecule has 1 saturated carbocycles. The molecule has 0 saturated heterocycles. The number of carboxylic acids is 1. The van der Waals surface area contributed by atoms with Crippen LogP contribution in [0.5, 0.6) is 0 Å². The molecule has 2 aromatic rings. The molecular formula is C26H28N2O5. The van der Waals surface area contributed by atoms with E-state index in [0.717, 1.165) is 11.1 Å². The van der Waals surface area contributed by atoms with Gasteiger partial charge in [-0.1, -0.05) is 54.6 Å². The molecule has 1 fully saturated rings. The van der Waals surface area contributed by atoms with Crippen molar-refractivity contribution in [3.8, 4) is 11.1 Å². The van der Waals surface area contributed by atoms with Crippen LogP contribution >= 0.6 is 0 Å². The molecular weight excluding hydrogens is 420 g/mol. The van der Waals surface area contributed by atoms with Gasteiger partial charge >= 0.3 is 12.1 Å². The van der Waals surface area contributed by atoms with Gasteiger partial charge in [-0.2, -0.15) is 0 Å². The molecule has 0 aromatic heterocycles. The summed E-state index contributed by atoms with van der Waals surface area (Å²) in [6.07, 6.45) is 2.91. The Balaban J connectivity index is 1.26. The zero-order valence-electron chi connectivity index (χ0n) is 18.5. The number of rotatable bonds is 7. The lowest BCUT2D eigenvalue weighted by Crippen LogP contribution is -2.35. The van der Waals surface area contributed by atoms with Gasteiger partial charge in [-0.15, -0.1) is 0 Å². The van der Waals surface area contributed by atoms with Gasteiger partial charge in [0.25, 0.3) is 0 Å². The summed E-state index contributed by atoms with van der Waals surface area (Å²) in [5.74, 6) is -1.33. The minimum atomic E-state index is -1.00. The van der Waals surface area contributed by atoms with Crippen molar-refractivity contribution in [2.24, 2.45) is 5.92 Å². The number of ether oxygens (including phenoxy) is 1. The van der Waals surface area contributed by atoms with Crippen LogP contribution < -0.4 is 10.6 Å². The molecule has 2 atom stereocenters. The largest absolute Gasteiger partial charge is 0.478 e. The van der Waals surface area contributed by atoms with E-state index in [1.165, 1.54) is 24.1 Å². The van der Waals surface area contributed by atoms with Gasteiger partial charge in [-0.25, -0.2) is 9.59 Å². The second kappa shape index (κ2) is 9.90. The number of benzene rings is 2. The molecule has 7 heteroatoms. The SMILES string of the molecule is C/C(=C\CNC(=O)C1CCC(NC(=O)OCC2c3ccccc3-c3ccccc32)C1)C(=O)O. The average Bonchev–Trinajstić information content (AvgIpc) is 3.40. The minimum absolute atomic E-state index is 0.00701. The Bertz CT molecular complexity index is 1050. The van der Waals surface area contributed by atoms with E-state index in [9.17, 15) is 14.4 Å². The van der Waals surface area contributed by atoms with Crippen LogP contribution in [0.15, 0.2) is 60.2 Å². The number of carboxylic acid groups (broad SMARTS) is 1. The second-order valence-electron chi connectivity index (χ2n) is 8.61. The standard InChI is InChI=1S/C26H28N2O5/c1-16(25(30)31)12-13-27-24(29)17-10-11-18(14-17)28-26(32)33-15-23-21-8-4-2-6-19(21)20-7-3-5-9-22(20)23/h2-9,12,17-18,23H,10-11,13-15H2,1H3,(H,27,29)(H,28,32)(H,30,31)/b16-12+. The van der Waals surface area contributed by atoms with Crippen molar-refractivity contribution in [1.29, 1.82) is 0 Å². The maximum absolute atomic E-state index is 12.5. The van der Waals surface area contributed by atoms with Crippen LogP contribution in [0.1, 0.15) is 43.2 Å². The van der Waals surface area contributed by atoms with Crippen molar-refractivity contribution in [3.63, 3.8) is 0 Å². The van der Waals surface area contributed by atoms with Crippen molar-refractivity contribution >= 4 is 18.0 Å². The smallest absolute Gasteiger partial charge is 0.407 e. The summed E-state index contributed by atoms with van der Waals surface area (Å²) in [6, 6.07) is 16.3. The first kappa shape index (κ1) is 22.6. The zero-order valence-corrected chi connectivity index (χ0v) is 18.5. The quantitative estimate of drug-likeness (QED) is 0.558. The normalized spacial score (nSPS) is 19.5. The van der Waals surface area contributed by atoms with E-state index in [-0.39, 0.29) is 42.5 Å². The Morgan fingerprint density at radius 2 is 1.67 bits per heavy atom. The first-order valence-corrected chi connectivity index (χ1v) is 11.2. The molecule has 2 aromatic carbocycles. The van der Waals surface area contributed by atoms with Gasteiger partial charge in [0, 0.05) is 30.0 Å². The summed E-state index contributed by atoms with van der Waals surface area (Å²) in [7, 11) is 0. The predicted octanol–water partition coefficient (Wildman–Crippen LogP) is 3.84. The summed E-state index contributed by atoms with van der Waals surface area (Å²) in [5.41, 5.74) is 4.88. The van der Waals surface area contributed by atoms with Gasteiger partial charge < -0.3 is 20.5 Å². The van der Waals surface area contributed by atoms with Crippen molar-refractivity contribution in [3.05, 3.63) is 71.3 Å². The van der Waals surface area contributed by atoms with Crippen LogP contribution in [0.2, 0.25) is 0 Å². The van der Waals surface area contributed by atoms with Crippen LogP contribution in [0, 0.1) is 5.92 Å². The number of hydrogen-bond acceptors (Lipinski definition) is 4. The van der Waals surface area contributed by atoms with E-state index in [0.29, 0.717) is 19.3 Å². The van der Waals surface area contributed by atoms with Crippen LogP contribution in [0.25, 0.3) is 11.1 Å². The lowest BCUT2D eigenvalue weighted by molar-refractivity contribution is -0.132. The highest BCUT2D eigenvalue weighted by Crippen LogP contribution is 2.44. The molecule has 0 aliphatic heterocycles. The number of fused-ring (bicyclic) bond motifs is 3. The third-order valence-electron chi connectivity index (χ3n) is 6.49. The molecule has 0 heterocycles. The Morgan fingerprint density at radius 1 is 1.03 bits per heavy atom. The molecule has 4 rings (SSSR count). The molecule has 7 nitrogen and oxygen atoms in total. The second-order valence-corrected chi connectivity index (χ2v) is 8.61. The van der Waals surface area contributed by atoms with Gasteiger partial charge in [-0.05, 0) is 48.4 Å². The summed E-state index contributed by atoms with van der Waals surface area (Å²) in [6.45, 7) is 1.92. The number of aliphatic carboxylic acids is 1. The van der Waals surface area contributed by atoms with Crippen LogP contribution in [0.3, 0.4) is 0 Å². The number of alkyl carbamates (subject to hydrolysis) is 1. The average molecular weight is 449 g/mol. The lowest BCUT2D eigenvalue weighted by Gasteiger charge is -2.17. The molecule has 2 amide bonds. The number of carbonyl (C=O) groups is 3. The van der Waals surface area contributed by atoms with Crippen molar-refractivity contribution < 1.29 is 24.2 Å². The summed E-state index contributed by atoms with van der Waals surface area (Å²) >= 11 is 0. The molecule has 2 aliphatic rings. The molecule has 2 unspecified atom stereocenters. The van der Waals surface area contributed by atoms with Crippen LogP contribution in [-0.2, 0) is 14.3 Å². The van der Waals surface area contributed by atoms with Gasteiger partial charge in [0.15, 0.2) is 0 Å². The number of amides is 2. The Labute approximate surface area is 192 Å². The van der Waals surface area contributed by atoms with Gasteiger partial charge in [-0.3, -0.25) is 4.79 Å². The third kappa shape index (κ3) is 5.08. The number of hydrogen-bond donors (Lipinski definition) is 3. The lowest BCUT2D eigenvalue weighted by atomic mass is 9.98. The number of carbonyl (C=O) groups excluding carboxylic acids is 2. The van der Waals surface area contributed by atoms with Gasteiger partial charge in [0.2, 0.25) is 5.91 Å². The highest BCUT2D eigenvalue weighted by atomic mass is 16.5. The van der Waals surface area contributed by atoms with E-state index in [2.05, 4.69) is 34.9 Å². The Morgan fingerprint density at radius 3 is 2.30 bits per heavy atom. The fourth-order valence-corrected chi connectivity index (χ4v) is 4.69. The maximum Gasteiger partial charge on any atom is 0.407 e. The molecule has 2 aliphatic carbocycles. The zero-order chi connectivity index (χ0) is 23.4. The highest BCUT2D eigenvalue weighted by molar-refractivity contribution is 5.86. The fraction of sp³-hybridized carbons (Fsp3) is 0.346. The number of nitrogens with one attached hydrogen (secondary N) is 2. The summed E-state index contributed by atoms with van der Waals surface area (Å²) in [5, 5.41) is 14.5. The third-order valence-corrected chi connectivity index (χ3v) is 6.49. The van der Waals surface area contributed by atoms with Crippen LogP contribution in [0.4, 0.5) is 4.79 Å². The molecule has 33 heavy (non-hydrogen) atoms. The van der Waals surface area contributed by atoms with Gasteiger partial charge in [0.05, 0.1) is 0 Å². The van der Waals surface area contributed by atoms with Crippen molar-refractivity contribution in [2.45, 2.75) is 38.1 Å². The topological polar surface area (TPSA) is 105 Å².